The van der Waals surface area contributed by atoms with Crippen LogP contribution in [-0.4, -0.2) is 13.4 Å². The lowest BCUT2D eigenvalue weighted by molar-refractivity contribution is 0.601. The van der Waals surface area contributed by atoms with Crippen molar-refractivity contribution in [3.8, 4) is 11.3 Å². The topological polar surface area (TPSA) is 59.1 Å². The highest BCUT2D eigenvalue weighted by Crippen LogP contribution is 2.23. The van der Waals surface area contributed by atoms with Gasteiger partial charge in [-0.2, -0.15) is 0 Å². The molecule has 4 nitrogen and oxygen atoms in total. The minimum atomic E-state index is -3.58. The van der Waals surface area contributed by atoms with Crippen molar-refractivity contribution in [2.24, 2.45) is 0 Å². The summed E-state index contributed by atoms with van der Waals surface area (Å²) in [6.45, 7) is 3.92. The molecule has 0 aliphatic carbocycles. The van der Waals surface area contributed by atoms with Gasteiger partial charge in [-0.15, -0.1) is 0 Å². The molecule has 0 saturated heterocycles. The lowest BCUT2D eigenvalue weighted by Gasteiger charge is -2.10. The average molecular weight is 338 g/mol. The number of aryl methyl sites for hydroxylation is 2. The van der Waals surface area contributed by atoms with Crippen LogP contribution in [0.15, 0.2) is 71.8 Å². The molecule has 24 heavy (non-hydrogen) atoms. The summed E-state index contributed by atoms with van der Waals surface area (Å²) in [5, 5.41) is 0. The van der Waals surface area contributed by atoms with Gasteiger partial charge in [0.1, 0.15) is 0 Å². The van der Waals surface area contributed by atoms with E-state index in [1.165, 1.54) is 0 Å². The van der Waals surface area contributed by atoms with Gasteiger partial charge in [0.25, 0.3) is 10.0 Å². The van der Waals surface area contributed by atoms with Crippen LogP contribution in [0.2, 0.25) is 0 Å². The Hall–Kier alpha value is -2.66. The summed E-state index contributed by atoms with van der Waals surface area (Å²) in [4.78, 5) is 4.62. The van der Waals surface area contributed by atoms with Gasteiger partial charge in [0.05, 0.1) is 10.6 Å². The Morgan fingerprint density at radius 3 is 2.17 bits per heavy atom. The average Bonchev–Trinajstić information content (AvgIpc) is 2.56. The smallest absolute Gasteiger partial charge is 0.261 e. The monoisotopic (exact) mass is 338 g/mol. The van der Waals surface area contributed by atoms with Crippen LogP contribution in [0.1, 0.15) is 11.1 Å². The zero-order valence-corrected chi connectivity index (χ0v) is 14.3. The molecular weight excluding hydrogens is 320 g/mol. The molecule has 0 bridgehead atoms. The molecule has 5 heteroatoms. The zero-order chi connectivity index (χ0) is 17.2. The van der Waals surface area contributed by atoms with Crippen molar-refractivity contribution < 1.29 is 8.42 Å². The Bertz CT molecular complexity index is 947. The molecular formula is C19H18N2O2S. The first-order valence-corrected chi connectivity index (χ1v) is 9.05. The second kappa shape index (κ2) is 6.45. The zero-order valence-electron chi connectivity index (χ0n) is 13.5. The molecule has 0 atom stereocenters. The minimum Gasteiger partial charge on any atom is -0.280 e. The molecule has 1 N–H and O–H groups in total. The normalized spacial score (nSPS) is 11.2. The standard InChI is InChI=1S/C19H18N2O2S/c1-14-5-11-18(12-6-14)24(22,23)21-17-9-7-16(8-10-17)19-15(2)4-3-13-20-19/h3-13,21H,1-2H3. The summed E-state index contributed by atoms with van der Waals surface area (Å²) in [5.74, 6) is 0. The fourth-order valence-corrected chi connectivity index (χ4v) is 3.47. The second-order valence-electron chi connectivity index (χ2n) is 5.66. The number of nitrogens with zero attached hydrogens (tertiary/aromatic N) is 1. The largest absolute Gasteiger partial charge is 0.280 e. The number of benzene rings is 2. The van der Waals surface area contributed by atoms with Crippen LogP contribution in [0.5, 0.6) is 0 Å². The highest BCUT2D eigenvalue weighted by molar-refractivity contribution is 7.92. The van der Waals surface area contributed by atoms with Crippen LogP contribution < -0.4 is 4.72 Å². The van der Waals surface area contributed by atoms with Gasteiger partial charge in [-0.25, -0.2) is 8.42 Å². The number of pyridine rings is 1. The third kappa shape index (κ3) is 3.46. The molecule has 1 aromatic heterocycles. The third-order valence-corrected chi connectivity index (χ3v) is 5.15. The summed E-state index contributed by atoms with van der Waals surface area (Å²) >= 11 is 0. The summed E-state index contributed by atoms with van der Waals surface area (Å²) in [6.07, 6.45) is 1.75. The van der Waals surface area contributed by atoms with Gasteiger partial charge >= 0.3 is 0 Å². The van der Waals surface area contributed by atoms with Gasteiger partial charge in [0.2, 0.25) is 0 Å². The molecule has 3 rings (SSSR count). The van der Waals surface area contributed by atoms with Crippen LogP contribution >= 0.6 is 0 Å². The summed E-state index contributed by atoms with van der Waals surface area (Å²) in [6, 6.07) is 17.9. The molecule has 2 aromatic carbocycles. The molecule has 122 valence electrons. The van der Waals surface area contributed by atoms with Crippen molar-refractivity contribution in [1.29, 1.82) is 0 Å². The maximum atomic E-state index is 12.4. The highest BCUT2D eigenvalue weighted by Gasteiger charge is 2.14. The van der Waals surface area contributed by atoms with Crippen LogP contribution in [0.4, 0.5) is 5.69 Å². The van der Waals surface area contributed by atoms with Crippen LogP contribution in [0.25, 0.3) is 11.3 Å². The van der Waals surface area contributed by atoms with E-state index in [0.29, 0.717) is 5.69 Å². The molecule has 3 aromatic rings. The number of rotatable bonds is 4. The van der Waals surface area contributed by atoms with Gasteiger partial charge < -0.3 is 0 Å². The number of hydrogen-bond donors (Lipinski definition) is 1. The minimum absolute atomic E-state index is 0.248. The SMILES string of the molecule is Cc1ccc(S(=O)(=O)Nc2ccc(-c3ncccc3C)cc2)cc1. The number of sulfonamides is 1. The second-order valence-corrected chi connectivity index (χ2v) is 7.35. The van der Waals surface area contributed by atoms with E-state index in [1.54, 1.807) is 42.6 Å². The number of aromatic nitrogens is 1. The van der Waals surface area contributed by atoms with Crippen molar-refractivity contribution in [2.45, 2.75) is 18.7 Å². The first-order chi connectivity index (χ1) is 11.5. The Morgan fingerprint density at radius 1 is 0.875 bits per heavy atom. The molecule has 1 heterocycles. The lowest BCUT2D eigenvalue weighted by Crippen LogP contribution is -2.12. The molecule has 0 saturated carbocycles. The van der Waals surface area contributed by atoms with Crippen molar-refractivity contribution in [3.05, 3.63) is 78.0 Å². The van der Waals surface area contributed by atoms with Crippen molar-refractivity contribution >= 4 is 15.7 Å². The van der Waals surface area contributed by atoms with Gasteiger partial charge in [0.15, 0.2) is 0 Å². The van der Waals surface area contributed by atoms with Gasteiger partial charge in [-0.3, -0.25) is 9.71 Å². The quantitative estimate of drug-likeness (QED) is 0.777. The Morgan fingerprint density at radius 2 is 1.54 bits per heavy atom. The molecule has 0 unspecified atom stereocenters. The Labute approximate surface area is 142 Å². The molecule has 0 aliphatic rings. The fourth-order valence-electron chi connectivity index (χ4n) is 2.42. The van der Waals surface area contributed by atoms with E-state index in [1.807, 2.05) is 38.1 Å². The highest BCUT2D eigenvalue weighted by atomic mass is 32.2. The van der Waals surface area contributed by atoms with E-state index in [4.69, 9.17) is 0 Å². The summed E-state index contributed by atoms with van der Waals surface area (Å²) in [7, 11) is -3.58. The molecule has 0 amide bonds. The van der Waals surface area contributed by atoms with E-state index < -0.39 is 10.0 Å². The summed E-state index contributed by atoms with van der Waals surface area (Å²) in [5.41, 5.74) is 4.46. The predicted molar refractivity (Wildman–Crippen MR) is 96.4 cm³/mol. The fraction of sp³-hybridized carbons (Fsp3) is 0.105. The summed E-state index contributed by atoms with van der Waals surface area (Å²) < 4.78 is 27.4. The molecule has 0 spiro atoms. The predicted octanol–water partition coefficient (Wildman–Crippen LogP) is 4.17. The van der Waals surface area contributed by atoms with Crippen LogP contribution in [0.3, 0.4) is 0 Å². The van der Waals surface area contributed by atoms with Crippen LogP contribution in [-0.2, 0) is 10.0 Å². The van der Waals surface area contributed by atoms with Gasteiger partial charge in [-0.1, -0.05) is 35.9 Å². The molecule has 0 aliphatic heterocycles. The van der Waals surface area contributed by atoms with E-state index in [0.717, 1.165) is 22.4 Å². The number of nitrogens with one attached hydrogen (secondary N) is 1. The van der Waals surface area contributed by atoms with Gasteiger partial charge in [0, 0.05) is 17.4 Å². The third-order valence-electron chi connectivity index (χ3n) is 3.75. The van der Waals surface area contributed by atoms with Crippen molar-refractivity contribution in [1.82, 2.24) is 4.98 Å². The van der Waals surface area contributed by atoms with E-state index in [-0.39, 0.29) is 4.90 Å². The van der Waals surface area contributed by atoms with E-state index in [9.17, 15) is 8.42 Å². The molecule has 0 radical (unpaired) electrons. The first kappa shape index (κ1) is 16.2. The maximum Gasteiger partial charge on any atom is 0.261 e. The van der Waals surface area contributed by atoms with E-state index in [2.05, 4.69) is 9.71 Å². The first-order valence-electron chi connectivity index (χ1n) is 7.57. The lowest BCUT2D eigenvalue weighted by atomic mass is 10.1. The molecule has 0 fully saturated rings. The van der Waals surface area contributed by atoms with Crippen molar-refractivity contribution in [3.63, 3.8) is 0 Å². The van der Waals surface area contributed by atoms with Crippen LogP contribution in [0, 0.1) is 13.8 Å². The Balaban J connectivity index is 1.84. The number of anilines is 1. The number of hydrogen-bond acceptors (Lipinski definition) is 3. The van der Waals surface area contributed by atoms with Crippen molar-refractivity contribution in [2.75, 3.05) is 4.72 Å². The Kier molecular flexibility index (Phi) is 4.36. The van der Waals surface area contributed by atoms with Gasteiger partial charge in [-0.05, 0) is 49.7 Å². The van der Waals surface area contributed by atoms with E-state index >= 15 is 0 Å². The maximum absolute atomic E-state index is 12.4.